The predicted molar refractivity (Wildman–Crippen MR) is 83.1 cm³/mol. The topological polar surface area (TPSA) is 37.4 Å². The molecule has 3 nitrogen and oxygen atoms in total. The van der Waals surface area contributed by atoms with Crippen LogP contribution in [0.2, 0.25) is 0 Å². The zero-order valence-corrected chi connectivity index (χ0v) is 12.9. The van der Waals surface area contributed by atoms with E-state index in [-0.39, 0.29) is 23.7 Å². The smallest absolute Gasteiger partial charge is 0.237 e. The van der Waals surface area contributed by atoms with E-state index in [9.17, 15) is 9.59 Å². The third kappa shape index (κ3) is 1.47. The Bertz CT molecular complexity index is 631. The molecule has 5 fully saturated rings. The maximum absolute atomic E-state index is 13.0. The van der Waals surface area contributed by atoms with E-state index in [1.165, 1.54) is 16.9 Å². The second-order valence-corrected chi connectivity index (χ2v) is 7.55. The zero-order chi connectivity index (χ0) is 15.0. The van der Waals surface area contributed by atoms with E-state index < -0.39 is 0 Å². The Balaban J connectivity index is 1.53. The number of carbonyl (C=O) groups excluding carboxylic acids is 2. The van der Waals surface area contributed by atoms with E-state index in [2.05, 4.69) is 6.92 Å². The van der Waals surface area contributed by atoms with Crippen molar-refractivity contribution in [3.8, 4) is 0 Å². The van der Waals surface area contributed by atoms with Gasteiger partial charge in [0.2, 0.25) is 11.8 Å². The van der Waals surface area contributed by atoms with Gasteiger partial charge >= 0.3 is 0 Å². The van der Waals surface area contributed by atoms with E-state index in [1.807, 2.05) is 24.3 Å². The van der Waals surface area contributed by atoms with E-state index in [4.69, 9.17) is 0 Å². The van der Waals surface area contributed by atoms with Gasteiger partial charge in [-0.25, -0.2) is 0 Å². The minimum atomic E-state index is -0.0131. The summed E-state index contributed by atoms with van der Waals surface area (Å²) in [6, 6.07) is 7.94. The van der Waals surface area contributed by atoms with Gasteiger partial charge in [0.25, 0.3) is 0 Å². The number of imide groups is 1. The third-order valence-corrected chi connectivity index (χ3v) is 6.75. The van der Waals surface area contributed by atoms with Crippen molar-refractivity contribution in [3.05, 3.63) is 29.8 Å². The molecule has 22 heavy (non-hydrogen) atoms. The summed E-state index contributed by atoms with van der Waals surface area (Å²) in [5.74, 6) is 2.60. The summed E-state index contributed by atoms with van der Waals surface area (Å²) < 4.78 is 0. The molecule has 6 rings (SSSR count). The molecule has 1 aromatic carbocycles. The van der Waals surface area contributed by atoms with Crippen molar-refractivity contribution in [3.63, 3.8) is 0 Å². The molecular weight excluding hydrogens is 274 g/mol. The summed E-state index contributed by atoms with van der Waals surface area (Å²) in [6.45, 7) is 2.11. The first-order valence-electron chi connectivity index (χ1n) is 8.67. The zero-order valence-electron chi connectivity index (χ0n) is 12.9. The molecule has 6 atom stereocenters. The molecule has 1 heterocycles. The van der Waals surface area contributed by atoms with Crippen molar-refractivity contribution in [1.29, 1.82) is 0 Å². The average Bonchev–Trinajstić information content (AvgIpc) is 3.32. The second-order valence-electron chi connectivity index (χ2n) is 7.55. The molecule has 2 amide bonds. The highest BCUT2D eigenvalue weighted by molar-refractivity contribution is 6.22. The van der Waals surface area contributed by atoms with E-state index in [0.29, 0.717) is 11.8 Å². The first kappa shape index (κ1) is 12.9. The lowest BCUT2D eigenvalue weighted by Gasteiger charge is -2.42. The highest BCUT2D eigenvalue weighted by atomic mass is 16.2. The van der Waals surface area contributed by atoms with Crippen LogP contribution >= 0.6 is 0 Å². The number of hydrogen-bond donors (Lipinski definition) is 0. The van der Waals surface area contributed by atoms with Crippen LogP contribution in [0.5, 0.6) is 0 Å². The van der Waals surface area contributed by atoms with Crippen LogP contribution < -0.4 is 4.90 Å². The number of aryl methyl sites for hydroxylation is 1. The van der Waals surface area contributed by atoms with Crippen LogP contribution in [-0.4, -0.2) is 11.8 Å². The molecule has 114 valence electrons. The maximum atomic E-state index is 13.0. The normalized spacial score (nSPS) is 41.6. The number of nitrogens with zero attached hydrogens (tertiary/aromatic N) is 1. The summed E-state index contributed by atoms with van der Waals surface area (Å²) >= 11 is 0. The van der Waals surface area contributed by atoms with Gasteiger partial charge in [0.05, 0.1) is 17.5 Å². The third-order valence-electron chi connectivity index (χ3n) is 6.75. The van der Waals surface area contributed by atoms with Crippen molar-refractivity contribution in [2.75, 3.05) is 4.90 Å². The van der Waals surface area contributed by atoms with Crippen molar-refractivity contribution in [1.82, 2.24) is 0 Å². The quantitative estimate of drug-likeness (QED) is 0.786. The van der Waals surface area contributed by atoms with Crippen LogP contribution in [0.15, 0.2) is 24.3 Å². The van der Waals surface area contributed by atoms with Gasteiger partial charge in [-0.05, 0) is 67.1 Å². The monoisotopic (exact) mass is 295 g/mol. The molecule has 0 unspecified atom stereocenters. The maximum Gasteiger partial charge on any atom is 0.237 e. The van der Waals surface area contributed by atoms with Crippen LogP contribution in [-0.2, 0) is 16.0 Å². The minimum Gasteiger partial charge on any atom is -0.274 e. The fourth-order valence-corrected chi connectivity index (χ4v) is 5.67. The molecule has 4 saturated carbocycles. The predicted octanol–water partition coefficient (Wildman–Crippen LogP) is 3.03. The standard InChI is InChI=1S/C19H21NO2/c1-2-10-3-5-11(6-4-10)20-18(21)16-12-7-8-13(15-9-14(12)15)17(16)19(20)22/h3-6,12-17H,2,7-9H2,1H3/t12-,13+,14-,15+,16-,17+. The molecule has 0 aromatic heterocycles. The number of rotatable bonds is 2. The lowest BCUT2D eigenvalue weighted by Crippen LogP contribution is -2.43. The number of benzene rings is 1. The number of amides is 2. The van der Waals surface area contributed by atoms with Crippen molar-refractivity contribution in [2.45, 2.75) is 32.6 Å². The molecule has 0 radical (unpaired) electrons. The van der Waals surface area contributed by atoms with Crippen LogP contribution in [0.3, 0.4) is 0 Å². The van der Waals surface area contributed by atoms with Crippen molar-refractivity contribution in [2.24, 2.45) is 35.5 Å². The van der Waals surface area contributed by atoms with Crippen LogP contribution in [0.25, 0.3) is 0 Å². The van der Waals surface area contributed by atoms with Gasteiger partial charge in [0.1, 0.15) is 0 Å². The summed E-state index contributed by atoms with van der Waals surface area (Å²) in [5.41, 5.74) is 2.01. The number of anilines is 1. The fourth-order valence-electron chi connectivity index (χ4n) is 5.67. The molecule has 0 N–H and O–H groups in total. The second kappa shape index (κ2) is 4.21. The lowest BCUT2D eigenvalue weighted by molar-refractivity contribution is -0.129. The molecule has 1 saturated heterocycles. The first-order valence-corrected chi connectivity index (χ1v) is 8.67. The Morgan fingerprint density at radius 1 is 0.909 bits per heavy atom. The molecule has 3 heteroatoms. The SMILES string of the molecule is CCc1ccc(N2C(=O)[C@@H]3[C@@H]4CC[C@@H]([C@@H]5C[C@@H]54)[C@@H]3C2=O)cc1. The van der Waals surface area contributed by atoms with Crippen molar-refractivity contribution >= 4 is 17.5 Å². The average molecular weight is 295 g/mol. The van der Waals surface area contributed by atoms with E-state index >= 15 is 0 Å². The van der Waals surface area contributed by atoms with Crippen LogP contribution in [0, 0.1) is 35.5 Å². The highest BCUT2D eigenvalue weighted by Gasteiger charge is 2.68. The molecule has 4 aliphatic carbocycles. The Morgan fingerprint density at radius 2 is 1.45 bits per heavy atom. The summed E-state index contributed by atoms with van der Waals surface area (Å²) in [5, 5.41) is 0. The molecule has 2 bridgehead atoms. The van der Waals surface area contributed by atoms with Gasteiger partial charge in [-0.15, -0.1) is 0 Å². The van der Waals surface area contributed by atoms with Gasteiger partial charge < -0.3 is 0 Å². The Labute approximate surface area is 130 Å². The number of fused-ring (bicyclic) bond motifs is 1. The van der Waals surface area contributed by atoms with Gasteiger partial charge in [-0.1, -0.05) is 19.1 Å². The molecule has 0 spiro atoms. The number of hydrogen-bond acceptors (Lipinski definition) is 2. The number of carbonyl (C=O) groups is 2. The van der Waals surface area contributed by atoms with Crippen molar-refractivity contribution < 1.29 is 9.59 Å². The first-order chi connectivity index (χ1) is 10.7. The van der Waals surface area contributed by atoms with E-state index in [1.54, 1.807) is 0 Å². The summed E-state index contributed by atoms with van der Waals surface area (Å²) in [7, 11) is 0. The lowest BCUT2D eigenvalue weighted by atomic mass is 9.59. The summed E-state index contributed by atoms with van der Waals surface area (Å²) in [6.07, 6.45) is 4.57. The molecule has 1 aromatic rings. The van der Waals surface area contributed by atoms with Gasteiger partial charge in [-0.3, -0.25) is 14.5 Å². The molecular formula is C19H21NO2. The molecule has 1 aliphatic heterocycles. The van der Waals surface area contributed by atoms with Gasteiger partial charge in [0, 0.05) is 0 Å². The largest absolute Gasteiger partial charge is 0.274 e. The van der Waals surface area contributed by atoms with Gasteiger partial charge in [-0.2, -0.15) is 0 Å². The minimum absolute atomic E-state index is 0.0131. The Hall–Kier alpha value is -1.64. The van der Waals surface area contributed by atoms with Gasteiger partial charge in [0.15, 0.2) is 0 Å². The van der Waals surface area contributed by atoms with E-state index in [0.717, 1.165) is 36.8 Å². The molecule has 5 aliphatic rings. The Morgan fingerprint density at radius 3 is 1.95 bits per heavy atom. The fraction of sp³-hybridized carbons (Fsp3) is 0.579. The van der Waals surface area contributed by atoms with Crippen LogP contribution in [0.1, 0.15) is 31.7 Å². The Kier molecular flexibility index (Phi) is 2.46. The van der Waals surface area contributed by atoms with Crippen LogP contribution in [0.4, 0.5) is 5.69 Å². The highest BCUT2D eigenvalue weighted by Crippen LogP contribution is 2.68. The summed E-state index contributed by atoms with van der Waals surface area (Å²) in [4.78, 5) is 27.4.